The summed E-state index contributed by atoms with van der Waals surface area (Å²) < 4.78 is 5.35. The average molecular weight is 403 g/mol. The molecule has 7 nitrogen and oxygen atoms in total. The molecule has 1 N–H and O–H groups in total. The number of rotatable bonds is 6. The molecular formula is C20H30N6OS. The van der Waals surface area contributed by atoms with E-state index in [2.05, 4.69) is 44.5 Å². The molecule has 1 fully saturated rings. The Balaban J connectivity index is 1.61. The Kier molecular flexibility index (Phi) is 6.97. The first-order valence-corrected chi connectivity index (χ1v) is 10.5. The van der Waals surface area contributed by atoms with Crippen molar-refractivity contribution in [2.75, 3.05) is 63.7 Å². The Labute approximate surface area is 171 Å². The Hall–Kier alpha value is -2.48. The summed E-state index contributed by atoms with van der Waals surface area (Å²) in [5.74, 6) is 1.86. The van der Waals surface area contributed by atoms with Gasteiger partial charge in [0.25, 0.3) is 0 Å². The lowest BCUT2D eigenvalue weighted by atomic mass is 10.2. The molecule has 0 spiro atoms. The largest absolute Gasteiger partial charge is 0.497 e. The van der Waals surface area contributed by atoms with Crippen molar-refractivity contribution in [2.24, 2.45) is 4.99 Å². The Morgan fingerprint density at radius 1 is 1.29 bits per heavy atom. The molecular weight excluding hydrogens is 372 g/mol. The molecule has 1 aliphatic heterocycles. The monoisotopic (exact) mass is 402 g/mol. The molecule has 1 aromatic carbocycles. The number of nitrogens with zero attached hydrogens (tertiary/aromatic N) is 5. The zero-order valence-electron chi connectivity index (χ0n) is 17.2. The molecule has 1 saturated heterocycles. The highest BCUT2D eigenvalue weighted by Gasteiger charge is 2.20. The van der Waals surface area contributed by atoms with E-state index in [0.717, 1.165) is 55.3 Å². The van der Waals surface area contributed by atoms with Crippen molar-refractivity contribution in [1.82, 2.24) is 15.2 Å². The summed E-state index contributed by atoms with van der Waals surface area (Å²) >= 11 is 1.65. The third-order valence-corrected chi connectivity index (χ3v) is 5.70. The Bertz CT molecular complexity index is 783. The number of benzene rings is 1. The standard InChI is InChI=1S/C20H30N6OS/c1-5-21-19(22-14-16-15-28-20(23-16)24(2)3)26-11-9-25(10-12-26)17-7-6-8-18(13-17)27-4/h6-8,13,15H,5,9-12,14H2,1-4H3,(H,21,22). The molecule has 0 amide bonds. The summed E-state index contributed by atoms with van der Waals surface area (Å²) in [7, 11) is 5.73. The summed E-state index contributed by atoms with van der Waals surface area (Å²) in [5.41, 5.74) is 2.22. The lowest BCUT2D eigenvalue weighted by molar-refractivity contribution is 0.372. The summed E-state index contributed by atoms with van der Waals surface area (Å²) in [6.45, 7) is 7.34. The molecule has 0 atom stereocenters. The van der Waals surface area contributed by atoms with Gasteiger partial charge in [0.1, 0.15) is 5.75 Å². The van der Waals surface area contributed by atoms with Crippen molar-refractivity contribution < 1.29 is 4.74 Å². The summed E-state index contributed by atoms with van der Waals surface area (Å²) in [5, 5.41) is 6.53. The van der Waals surface area contributed by atoms with Gasteiger partial charge in [-0.15, -0.1) is 11.3 Å². The molecule has 2 heterocycles. The fourth-order valence-electron chi connectivity index (χ4n) is 3.14. The number of piperazine rings is 1. The number of aliphatic imine (C=N–C) groups is 1. The minimum absolute atomic E-state index is 0.600. The van der Waals surface area contributed by atoms with E-state index in [1.807, 2.05) is 31.1 Å². The van der Waals surface area contributed by atoms with E-state index < -0.39 is 0 Å². The van der Waals surface area contributed by atoms with Crippen molar-refractivity contribution >= 4 is 28.1 Å². The highest BCUT2D eigenvalue weighted by atomic mass is 32.1. The molecule has 0 unspecified atom stereocenters. The van der Waals surface area contributed by atoms with Crippen LogP contribution in [0.4, 0.5) is 10.8 Å². The van der Waals surface area contributed by atoms with Crippen LogP contribution in [0.25, 0.3) is 0 Å². The summed E-state index contributed by atoms with van der Waals surface area (Å²) in [6, 6.07) is 8.26. The number of ether oxygens (including phenoxy) is 1. The highest BCUT2D eigenvalue weighted by Crippen LogP contribution is 2.22. The van der Waals surface area contributed by atoms with Crippen molar-refractivity contribution in [3.8, 4) is 5.75 Å². The maximum Gasteiger partial charge on any atom is 0.194 e. The molecule has 28 heavy (non-hydrogen) atoms. The smallest absolute Gasteiger partial charge is 0.194 e. The summed E-state index contributed by atoms with van der Waals surface area (Å²) in [6.07, 6.45) is 0. The molecule has 2 aromatic rings. The van der Waals surface area contributed by atoms with Gasteiger partial charge in [-0.05, 0) is 19.1 Å². The minimum atomic E-state index is 0.600. The first-order chi connectivity index (χ1) is 13.6. The predicted molar refractivity (Wildman–Crippen MR) is 118 cm³/mol. The number of nitrogens with one attached hydrogen (secondary N) is 1. The molecule has 152 valence electrons. The van der Waals surface area contributed by atoms with E-state index in [1.165, 1.54) is 5.69 Å². The maximum absolute atomic E-state index is 5.35. The Morgan fingerprint density at radius 2 is 2.07 bits per heavy atom. The van der Waals surface area contributed by atoms with Gasteiger partial charge in [0, 0.05) is 64.0 Å². The van der Waals surface area contributed by atoms with Gasteiger partial charge in [-0.2, -0.15) is 0 Å². The van der Waals surface area contributed by atoms with Crippen LogP contribution in [0.2, 0.25) is 0 Å². The van der Waals surface area contributed by atoms with E-state index in [4.69, 9.17) is 9.73 Å². The molecule has 0 bridgehead atoms. The first-order valence-electron chi connectivity index (χ1n) is 9.64. The van der Waals surface area contributed by atoms with E-state index in [9.17, 15) is 0 Å². The van der Waals surface area contributed by atoms with Crippen molar-refractivity contribution in [1.29, 1.82) is 0 Å². The second-order valence-corrected chi connectivity index (χ2v) is 7.70. The second kappa shape index (κ2) is 9.64. The lowest BCUT2D eigenvalue weighted by Crippen LogP contribution is -2.52. The third kappa shape index (κ3) is 5.07. The van der Waals surface area contributed by atoms with E-state index >= 15 is 0 Å². The fourth-order valence-corrected chi connectivity index (χ4v) is 3.89. The SMILES string of the molecule is CCNC(=NCc1csc(N(C)C)n1)N1CCN(c2cccc(OC)c2)CC1. The van der Waals surface area contributed by atoms with Gasteiger partial charge in [0.2, 0.25) is 0 Å². The van der Waals surface area contributed by atoms with Crippen molar-refractivity contribution in [3.63, 3.8) is 0 Å². The van der Waals surface area contributed by atoms with Gasteiger partial charge in [-0.3, -0.25) is 0 Å². The lowest BCUT2D eigenvalue weighted by Gasteiger charge is -2.37. The molecule has 3 rings (SSSR count). The number of hydrogen-bond donors (Lipinski definition) is 1. The first kappa shape index (κ1) is 20.3. The highest BCUT2D eigenvalue weighted by molar-refractivity contribution is 7.13. The van der Waals surface area contributed by atoms with Crippen LogP contribution in [0.15, 0.2) is 34.6 Å². The number of methoxy groups -OCH3 is 1. The maximum atomic E-state index is 5.35. The average Bonchev–Trinajstić information content (AvgIpc) is 3.21. The number of thiazole rings is 1. The van der Waals surface area contributed by atoms with Gasteiger partial charge >= 0.3 is 0 Å². The van der Waals surface area contributed by atoms with Crippen molar-refractivity contribution in [2.45, 2.75) is 13.5 Å². The third-order valence-electron chi connectivity index (χ3n) is 4.65. The molecule has 1 aromatic heterocycles. The topological polar surface area (TPSA) is 56.2 Å². The predicted octanol–water partition coefficient (Wildman–Crippen LogP) is 2.51. The molecule has 1 aliphatic rings. The van der Waals surface area contributed by atoms with Gasteiger partial charge in [-0.1, -0.05) is 6.07 Å². The van der Waals surface area contributed by atoms with Crippen LogP contribution in [0.5, 0.6) is 5.75 Å². The number of guanidine groups is 1. The quantitative estimate of drug-likeness (QED) is 0.592. The minimum Gasteiger partial charge on any atom is -0.497 e. The van der Waals surface area contributed by atoms with E-state index in [1.54, 1.807) is 18.4 Å². The van der Waals surface area contributed by atoms with Crippen LogP contribution in [0.1, 0.15) is 12.6 Å². The normalized spacial score (nSPS) is 14.9. The second-order valence-electron chi connectivity index (χ2n) is 6.86. The van der Waals surface area contributed by atoms with Crippen LogP contribution in [0.3, 0.4) is 0 Å². The fraction of sp³-hybridized carbons (Fsp3) is 0.500. The van der Waals surface area contributed by atoms with E-state index in [-0.39, 0.29) is 0 Å². The number of hydrogen-bond acceptors (Lipinski definition) is 6. The molecule has 0 aliphatic carbocycles. The Morgan fingerprint density at radius 3 is 2.71 bits per heavy atom. The van der Waals surface area contributed by atoms with Crippen LogP contribution in [-0.2, 0) is 6.54 Å². The van der Waals surface area contributed by atoms with Crippen LogP contribution >= 0.6 is 11.3 Å². The van der Waals surface area contributed by atoms with Gasteiger partial charge in [0.15, 0.2) is 11.1 Å². The number of anilines is 2. The van der Waals surface area contributed by atoms with Crippen LogP contribution in [0, 0.1) is 0 Å². The van der Waals surface area contributed by atoms with Crippen molar-refractivity contribution in [3.05, 3.63) is 35.3 Å². The molecule has 0 saturated carbocycles. The molecule has 8 heteroatoms. The number of aromatic nitrogens is 1. The van der Waals surface area contributed by atoms with Gasteiger partial charge < -0.3 is 24.8 Å². The zero-order valence-corrected chi connectivity index (χ0v) is 18.0. The van der Waals surface area contributed by atoms with Crippen LogP contribution < -0.4 is 19.9 Å². The van der Waals surface area contributed by atoms with Crippen LogP contribution in [-0.4, -0.2) is 69.8 Å². The zero-order chi connectivity index (χ0) is 19.9. The van der Waals surface area contributed by atoms with E-state index in [0.29, 0.717) is 6.54 Å². The van der Waals surface area contributed by atoms with Gasteiger partial charge in [0.05, 0.1) is 19.3 Å². The molecule has 0 radical (unpaired) electrons. The van der Waals surface area contributed by atoms with Gasteiger partial charge in [-0.25, -0.2) is 9.98 Å². The summed E-state index contributed by atoms with van der Waals surface area (Å²) in [4.78, 5) is 16.2.